The second kappa shape index (κ2) is 10.7. The Morgan fingerprint density at radius 2 is 1.95 bits per heavy atom. The largest absolute Gasteiger partial charge is 0.356 e. The van der Waals surface area contributed by atoms with Crippen LogP contribution in [-0.4, -0.2) is 37.2 Å². The van der Waals surface area contributed by atoms with E-state index in [0.29, 0.717) is 32.2 Å². The third kappa shape index (κ3) is 8.36. The first kappa shape index (κ1) is 18.1. The topological polar surface area (TPSA) is 101 Å². The number of rotatable bonds is 11. The molecule has 1 rings (SSSR count). The Kier molecular flexibility index (Phi) is 8.83. The lowest BCUT2D eigenvalue weighted by Gasteiger charge is -2.08. The molecule has 1 unspecified atom stereocenters. The number of carbonyl (C=O) groups is 3. The quantitative estimate of drug-likeness (QED) is 0.384. The number of allylic oxidation sites excluding steroid dienone is 4. The molecule has 122 valence electrons. The van der Waals surface area contributed by atoms with Crippen molar-refractivity contribution in [2.75, 3.05) is 13.1 Å². The van der Waals surface area contributed by atoms with Gasteiger partial charge in [0, 0.05) is 25.9 Å². The maximum absolute atomic E-state index is 11.6. The van der Waals surface area contributed by atoms with Crippen molar-refractivity contribution in [2.45, 2.75) is 44.6 Å². The number of amides is 2. The maximum atomic E-state index is 11.6. The van der Waals surface area contributed by atoms with Gasteiger partial charge in [0.2, 0.25) is 11.8 Å². The van der Waals surface area contributed by atoms with E-state index in [9.17, 15) is 14.4 Å². The van der Waals surface area contributed by atoms with Crippen LogP contribution in [0.3, 0.4) is 0 Å². The molecule has 0 aromatic carbocycles. The average molecular weight is 307 g/mol. The summed E-state index contributed by atoms with van der Waals surface area (Å²) in [6, 6.07) is -0.745. The molecule has 1 atom stereocenters. The summed E-state index contributed by atoms with van der Waals surface area (Å²) >= 11 is 0. The van der Waals surface area contributed by atoms with Crippen molar-refractivity contribution in [1.29, 1.82) is 0 Å². The fourth-order valence-electron chi connectivity index (χ4n) is 2.12. The Morgan fingerprint density at radius 1 is 1.23 bits per heavy atom. The van der Waals surface area contributed by atoms with Gasteiger partial charge < -0.3 is 21.2 Å². The zero-order chi connectivity index (χ0) is 16.2. The summed E-state index contributed by atoms with van der Waals surface area (Å²) in [6.07, 6.45) is 10.8. The molecule has 1 aliphatic carbocycles. The van der Waals surface area contributed by atoms with Gasteiger partial charge in [-0.15, -0.1) is 0 Å². The summed E-state index contributed by atoms with van der Waals surface area (Å²) in [7, 11) is 0. The van der Waals surface area contributed by atoms with Gasteiger partial charge in [-0.25, -0.2) is 0 Å². The molecular formula is C16H25N3O3. The summed E-state index contributed by atoms with van der Waals surface area (Å²) in [5.41, 5.74) is 6.72. The summed E-state index contributed by atoms with van der Waals surface area (Å²) in [5.74, 6) is -0.203. The minimum Gasteiger partial charge on any atom is -0.356 e. The second-order valence-electron chi connectivity index (χ2n) is 5.37. The molecule has 6 heteroatoms. The summed E-state index contributed by atoms with van der Waals surface area (Å²) in [6.45, 7) is 0.992. The van der Waals surface area contributed by atoms with E-state index < -0.39 is 6.04 Å². The Hall–Kier alpha value is -1.95. The number of nitrogens with one attached hydrogen (secondary N) is 2. The average Bonchev–Trinajstić information content (AvgIpc) is 3.00. The van der Waals surface area contributed by atoms with Crippen LogP contribution >= 0.6 is 0 Å². The van der Waals surface area contributed by atoms with Gasteiger partial charge in [-0.05, 0) is 25.7 Å². The molecule has 0 fully saturated rings. The Balaban J connectivity index is 1.94. The monoisotopic (exact) mass is 307 g/mol. The highest BCUT2D eigenvalue weighted by atomic mass is 16.2. The number of carbonyl (C=O) groups excluding carboxylic acids is 3. The molecule has 0 bridgehead atoms. The van der Waals surface area contributed by atoms with E-state index in [1.807, 2.05) is 6.08 Å². The predicted octanol–water partition coefficient (Wildman–Crippen LogP) is 0.582. The van der Waals surface area contributed by atoms with Gasteiger partial charge in [-0.2, -0.15) is 0 Å². The van der Waals surface area contributed by atoms with Crippen LogP contribution in [0.25, 0.3) is 0 Å². The van der Waals surface area contributed by atoms with Gasteiger partial charge in [0.05, 0.1) is 6.04 Å². The smallest absolute Gasteiger partial charge is 0.222 e. The lowest BCUT2D eigenvalue weighted by Crippen LogP contribution is -2.34. The number of hydrogen-bond acceptors (Lipinski definition) is 4. The molecule has 0 saturated carbocycles. The molecule has 0 radical (unpaired) electrons. The molecule has 22 heavy (non-hydrogen) atoms. The molecular weight excluding hydrogens is 282 g/mol. The van der Waals surface area contributed by atoms with E-state index in [0.717, 1.165) is 19.3 Å². The van der Waals surface area contributed by atoms with Crippen LogP contribution < -0.4 is 16.4 Å². The predicted molar refractivity (Wildman–Crippen MR) is 85.0 cm³/mol. The van der Waals surface area contributed by atoms with Crippen molar-refractivity contribution < 1.29 is 14.4 Å². The number of aldehydes is 1. The molecule has 1 aliphatic rings. The number of nitrogens with two attached hydrogens (primary N) is 1. The van der Waals surface area contributed by atoms with Gasteiger partial charge in [0.25, 0.3) is 0 Å². The van der Waals surface area contributed by atoms with Crippen molar-refractivity contribution in [3.8, 4) is 0 Å². The Labute approximate surface area is 131 Å². The second-order valence-corrected chi connectivity index (χ2v) is 5.37. The van der Waals surface area contributed by atoms with Gasteiger partial charge >= 0.3 is 0 Å². The van der Waals surface area contributed by atoms with Crippen molar-refractivity contribution in [3.63, 3.8) is 0 Å². The van der Waals surface area contributed by atoms with Crippen LogP contribution in [0.2, 0.25) is 0 Å². The van der Waals surface area contributed by atoms with E-state index in [-0.39, 0.29) is 18.2 Å². The normalized spacial score (nSPS) is 14.3. The van der Waals surface area contributed by atoms with Crippen molar-refractivity contribution in [2.24, 2.45) is 5.73 Å². The van der Waals surface area contributed by atoms with Gasteiger partial charge in [-0.3, -0.25) is 9.59 Å². The summed E-state index contributed by atoms with van der Waals surface area (Å²) in [4.78, 5) is 33.2. The van der Waals surface area contributed by atoms with E-state index in [4.69, 9.17) is 5.73 Å². The first-order valence-electron chi connectivity index (χ1n) is 7.70. The third-order valence-electron chi connectivity index (χ3n) is 3.34. The fraction of sp³-hybridized carbons (Fsp3) is 0.562. The van der Waals surface area contributed by atoms with Gasteiger partial charge in [-0.1, -0.05) is 23.8 Å². The van der Waals surface area contributed by atoms with Crippen molar-refractivity contribution in [3.05, 3.63) is 23.8 Å². The van der Waals surface area contributed by atoms with E-state index in [1.54, 1.807) is 0 Å². The van der Waals surface area contributed by atoms with Crippen LogP contribution in [0.15, 0.2) is 23.8 Å². The van der Waals surface area contributed by atoms with E-state index >= 15 is 0 Å². The Morgan fingerprint density at radius 3 is 2.59 bits per heavy atom. The molecule has 0 aliphatic heterocycles. The van der Waals surface area contributed by atoms with Crippen LogP contribution in [0.1, 0.15) is 38.5 Å². The zero-order valence-electron chi connectivity index (χ0n) is 12.8. The lowest BCUT2D eigenvalue weighted by atomic mass is 10.1. The van der Waals surface area contributed by atoms with Crippen molar-refractivity contribution >= 4 is 18.1 Å². The van der Waals surface area contributed by atoms with Crippen LogP contribution in [-0.2, 0) is 14.4 Å². The maximum Gasteiger partial charge on any atom is 0.222 e. The van der Waals surface area contributed by atoms with Gasteiger partial charge in [0.1, 0.15) is 6.29 Å². The Bertz CT molecular complexity index is 444. The lowest BCUT2D eigenvalue weighted by molar-refractivity contribution is -0.123. The highest BCUT2D eigenvalue weighted by Crippen LogP contribution is 2.16. The molecule has 0 aromatic rings. The zero-order valence-corrected chi connectivity index (χ0v) is 12.8. The minimum absolute atomic E-state index is 0.000563. The molecule has 4 N–H and O–H groups in total. The van der Waals surface area contributed by atoms with Crippen LogP contribution in [0, 0.1) is 0 Å². The SMILES string of the molecule is NC(C=O)CC(=O)NCCCNC(=O)CCCC1=CC=CC1. The van der Waals surface area contributed by atoms with E-state index in [2.05, 4.69) is 22.8 Å². The minimum atomic E-state index is -0.745. The van der Waals surface area contributed by atoms with E-state index in [1.165, 1.54) is 5.57 Å². The summed E-state index contributed by atoms with van der Waals surface area (Å²) < 4.78 is 0. The molecule has 0 aromatic heterocycles. The standard InChI is InChI=1S/C16H25N3O3/c17-14(12-20)11-16(22)19-10-4-9-18-15(21)8-3-7-13-5-1-2-6-13/h1-2,5,12,14H,3-4,6-11,17H2,(H,18,21)(H,19,22). The summed E-state index contributed by atoms with van der Waals surface area (Å²) in [5, 5.41) is 5.49. The molecule has 0 saturated heterocycles. The van der Waals surface area contributed by atoms with Crippen molar-refractivity contribution in [1.82, 2.24) is 10.6 Å². The highest BCUT2D eigenvalue weighted by molar-refractivity contribution is 5.80. The first-order chi connectivity index (χ1) is 10.6. The molecule has 0 spiro atoms. The molecule has 2 amide bonds. The van der Waals surface area contributed by atoms with Crippen LogP contribution in [0.4, 0.5) is 0 Å². The van der Waals surface area contributed by atoms with Crippen LogP contribution in [0.5, 0.6) is 0 Å². The number of hydrogen-bond donors (Lipinski definition) is 3. The van der Waals surface area contributed by atoms with Gasteiger partial charge in [0.15, 0.2) is 0 Å². The molecule has 0 heterocycles. The third-order valence-corrected chi connectivity index (χ3v) is 3.34. The first-order valence-corrected chi connectivity index (χ1v) is 7.70. The fourth-order valence-corrected chi connectivity index (χ4v) is 2.12. The highest BCUT2D eigenvalue weighted by Gasteiger charge is 2.07. The molecule has 6 nitrogen and oxygen atoms in total.